The lowest BCUT2D eigenvalue weighted by atomic mass is 9.93. The molecule has 0 radical (unpaired) electrons. The van der Waals surface area contributed by atoms with E-state index in [0.29, 0.717) is 23.4 Å². The monoisotopic (exact) mass is 344 g/mol. The molecule has 2 amide bonds. The number of ether oxygens (including phenoxy) is 1. The molecule has 0 aromatic heterocycles. The second kappa shape index (κ2) is 6.70. The van der Waals surface area contributed by atoms with Crippen molar-refractivity contribution in [2.75, 3.05) is 19.1 Å². The van der Waals surface area contributed by atoms with Gasteiger partial charge in [-0.05, 0) is 31.5 Å². The number of hydrogen-bond donors (Lipinski definition) is 0. The fraction of sp³-hybridized carbons (Fsp3) is 0.600. The Labute approximate surface area is 149 Å². The maximum atomic E-state index is 13.1. The van der Waals surface area contributed by atoms with Gasteiger partial charge >= 0.3 is 0 Å². The molecule has 1 aromatic carbocycles. The van der Waals surface area contributed by atoms with Crippen molar-refractivity contribution in [3.63, 3.8) is 0 Å². The first-order valence-electron chi connectivity index (χ1n) is 9.24. The molecule has 2 aliphatic rings. The second-order valence-corrected chi connectivity index (χ2v) is 7.39. The van der Waals surface area contributed by atoms with E-state index in [1.54, 1.807) is 25.1 Å². The molecule has 1 aromatic rings. The molecule has 1 fully saturated rings. The number of unbranched alkanes of at least 4 members (excludes halogenated alkanes) is 3. The third kappa shape index (κ3) is 2.79. The lowest BCUT2D eigenvalue weighted by Crippen LogP contribution is -2.60. The zero-order chi connectivity index (χ0) is 18.2. The van der Waals surface area contributed by atoms with E-state index in [2.05, 4.69) is 6.92 Å². The van der Waals surface area contributed by atoms with Crippen molar-refractivity contribution in [3.05, 3.63) is 23.8 Å². The van der Waals surface area contributed by atoms with Crippen molar-refractivity contribution in [1.29, 1.82) is 0 Å². The van der Waals surface area contributed by atoms with Gasteiger partial charge in [0.25, 0.3) is 5.91 Å². The molecular weight excluding hydrogens is 316 g/mol. The highest BCUT2D eigenvalue weighted by atomic mass is 16.5. The van der Waals surface area contributed by atoms with Gasteiger partial charge < -0.3 is 9.64 Å². The maximum absolute atomic E-state index is 13.1. The lowest BCUT2D eigenvalue weighted by molar-refractivity contribution is -0.121. The highest BCUT2D eigenvalue weighted by Crippen LogP contribution is 2.47. The average Bonchev–Trinajstić information content (AvgIpc) is 2.88. The van der Waals surface area contributed by atoms with Gasteiger partial charge in [-0.2, -0.15) is 0 Å². The second-order valence-electron chi connectivity index (χ2n) is 7.39. The van der Waals surface area contributed by atoms with Gasteiger partial charge in [-0.25, -0.2) is 0 Å². The van der Waals surface area contributed by atoms with Crippen LogP contribution in [0.15, 0.2) is 18.2 Å². The SMILES string of the molecule is CCCCCCC1CC2(C)N(C)C(=O)c3cc(OC)ccc3N2C1=O. The molecule has 1 saturated heterocycles. The molecule has 5 heteroatoms. The van der Waals surface area contributed by atoms with Gasteiger partial charge in [0.15, 0.2) is 0 Å². The van der Waals surface area contributed by atoms with Crippen molar-refractivity contribution < 1.29 is 14.3 Å². The summed E-state index contributed by atoms with van der Waals surface area (Å²) < 4.78 is 5.25. The Kier molecular flexibility index (Phi) is 4.76. The van der Waals surface area contributed by atoms with Crippen molar-refractivity contribution in [2.45, 2.75) is 58.0 Å². The Bertz CT molecular complexity index is 688. The molecule has 136 valence electrons. The van der Waals surface area contributed by atoms with Crippen molar-refractivity contribution >= 4 is 17.5 Å². The summed E-state index contributed by atoms with van der Waals surface area (Å²) in [7, 11) is 3.38. The van der Waals surface area contributed by atoms with Crippen LogP contribution in [0.1, 0.15) is 62.7 Å². The zero-order valence-electron chi connectivity index (χ0n) is 15.7. The van der Waals surface area contributed by atoms with Crippen molar-refractivity contribution in [3.8, 4) is 5.75 Å². The molecule has 0 saturated carbocycles. The summed E-state index contributed by atoms with van der Waals surface area (Å²) in [6, 6.07) is 5.39. The fourth-order valence-electron chi connectivity index (χ4n) is 4.18. The summed E-state index contributed by atoms with van der Waals surface area (Å²) in [5.74, 6) is 0.717. The minimum Gasteiger partial charge on any atom is -0.497 e. The van der Waals surface area contributed by atoms with E-state index in [9.17, 15) is 9.59 Å². The summed E-state index contributed by atoms with van der Waals surface area (Å²) >= 11 is 0. The third-order valence-corrected chi connectivity index (χ3v) is 5.79. The van der Waals surface area contributed by atoms with Crippen LogP contribution >= 0.6 is 0 Å². The maximum Gasteiger partial charge on any atom is 0.257 e. The van der Waals surface area contributed by atoms with E-state index in [1.165, 1.54) is 19.3 Å². The first-order chi connectivity index (χ1) is 11.9. The number of amides is 2. The molecule has 0 bridgehead atoms. The number of methoxy groups -OCH3 is 1. The van der Waals surface area contributed by atoms with E-state index in [1.807, 2.05) is 24.0 Å². The molecule has 0 N–H and O–H groups in total. The van der Waals surface area contributed by atoms with Crippen LogP contribution in [-0.2, 0) is 4.79 Å². The van der Waals surface area contributed by atoms with Crippen LogP contribution in [0.3, 0.4) is 0 Å². The Morgan fingerprint density at radius 3 is 2.68 bits per heavy atom. The first-order valence-corrected chi connectivity index (χ1v) is 9.24. The van der Waals surface area contributed by atoms with E-state index in [-0.39, 0.29) is 17.7 Å². The average molecular weight is 344 g/mol. The Morgan fingerprint density at radius 2 is 2.00 bits per heavy atom. The van der Waals surface area contributed by atoms with Gasteiger partial charge in [-0.3, -0.25) is 14.5 Å². The molecule has 3 rings (SSSR count). The summed E-state index contributed by atoms with van der Waals surface area (Å²) in [6.07, 6.45) is 6.24. The van der Waals surface area contributed by atoms with Crippen LogP contribution in [0.5, 0.6) is 5.75 Å². The topological polar surface area (TPSA) is 49.9 Å². The number of hydrogen-bond acceptors (Lipinski definition) is 3. The molecule has 2 atom stereocenters. The number of nitrogens with zero attached hydrogens (tertiary/aromatic N) is 2. The molecule has 25 heavy (non-hydrogen) atoms. The number of carbonyl (C=O) groups excluding carboxylic acids is 2. The van der Waals surface area contributed by atoms with Crippen LogP contribution in [0.2, 0.25) is 0 Å². The minimum absolute atomic E-state index is 0.00911. The first kappa shape index (κ1) is 17.8. The molecule has 5 nitrogen and oxygen atoms in total. The number of benzene rings is 1. The molecule has 2 unspecified atom stereocenters. The zero-order valence-corrected chi connectivity index (χ0v) is 15.7. The Hall–Kier alpha value is -2.04. The van der Waals surface area contributed by atoms with Gasteiger partial charge in [-0.15, -0.1) is 0 Å². The molecule has 0 aliphatic carbocycles. The van der Waals surface area contributed by atoms with Gasteiger partial charge in [0.2, 0.25) is 5.91 Å². The van der Waals surface area contributed by atoms with Crippen molar-refractivity contribution in [2.24, 2.45) is 5.92 Å². The summed E-state index contributed by atoms with van der Waals surface area (Å²) in [6.45, 7) is 4.19. The minimum atomic E-state index is -0.578. The van der Waals surface area contributed by atoms with Gasteiger partial charge in [-0.1, -0.05) is 32.6 Å². The fourth-order valence-corrected chi connectivity index (χ4v) is 4.18. The van der Waals surface area contributed by atoms with E-state index < -0.39 is 5.66 Å². The summed E-state index contributed by atoms with van der Waals surface area (Å²) in [4.78, 5) is 29.6. The van der Waals surface area contributed by atoms with E-state index in [4.69, 9.17) is 4.74 Å². The third-order valence-electron chi connectivity index (χ3n) is 5.79. The normalized spacial score (nSPS) is 25.2. The quantitative estimate of drug-likeness (QED) is 0.737. The summed E-state index contributed by atoms with van der Waals surface area (Å²) in [5.41, 5.74) is 0.678. The van der Waals surface area contributed by atoms with E-state index in [0.717, 1.165) is 12.8 Å². The van der Waals surface area contributed by atoms with Crippen LogP contribution in [0.4, 0.5) is 5.69 Å². The summed E-state index contributed by atoms with van der Waals surface area (Å²) in [5, 5.41) is 0. The largest absolute Gasteiger partial charge is 0.497 e. The Morgan fingerprint density at radius 1 is 1.24 bits per heavy atom. The molecule has 2 aliphatic heterocycles. The number of rotatable bonds is 6. The predicted octanol–water partition coefficient (Wildman–Crippen LogP) is 3.82. The highest BCUT2D eigenvalue weighted by molar-refractivity contribution is 6.11. The van der Waals surface area contributed by atoms with Crippen LogP contribution in [-0.4, -0.2) is 36.5 Å². The van der Waals surface area contributed by atoms with Gasteiger partial charge in [0.05, 0.1) is 18.4 Å². The van der Waals surface area contributed by atoms with Gasteiger partial charge in [0, 0.05) is 19.4 Å². The smallest absolute Gasteiger partial charge is 0.257 e. The van der Waals surface area contributed by atoms with Gasteiger partial charge in [0.1, 0.15) is 11.4 Å². The van der Waals surface area contributed by atoms with Crippen LogP contribution < -0.4 is 9.64 Å². The van der Waals surface area contributed by atoms with Crippen LogP contribution in [0, 0.1) is 5.92 Å². The lowest BCUT2D eigenvalue weighted by Gasteiger charge is -2.47. The standard InChI is InChI=1S/C20H28N2O3/c1-5-6-7-8-9-14-13-20(2)21(3)19(24)16-12-15(25-4)10-11-17(16)22(20)18(14)23/h10-12,14H,5-9,13H2,1-4H3. The highest BCUT2D eigenvalue weighted by Gasteiger charge is 2.55. The number of anilines is 1. The Balaban J connectivity index is 1.92. The molecule has 2 heterocycles. The number of carbonyl (C=O) groups is 2. The number of fused-ring (bicyclic) bond motifs is 3. The molecular formula is C20H28N2O3. The van der Waals surface area contributed by atoms with Crippen LogP contribution in [0.25, 0.3) is 0 Å². The van der Waals surface area contributed by atoms with E-state index >= 15 is 0 Å². The predicted molar refractivity (Wildman–Crippen MR) is 97.8 cm³/mol. The van der Waals surface area contributed by atoms with Crippen molar-refractivity contribution in [1.82, 2.24) is 4.90 Å². The molecule has 0 spiro atoms.